The van der Waals surface area contributed by atoms with Crippen LogP contribution in [-0.2, 0) is 10.7 Å². The molecular formula is C14H12ClN3O2. The number of nitrogens with zero attached hydrogens (tertiary/aromatic N) is 2. The second kappa shape index (κ2) is 6.68. The minimum absolute atomic E-state index is 0.0347. The van der Waals surface area contributed by atoms with Crippen molar-refractivity contribution in [2.45, 2.75) is 5.88 Å². The predicted octanol–water partition coefficient (Wildman–Crippen LogP) is 2.30. The normalized spacial score (nSPS) is 11.2. The van der Waals surface area contributed by atoms with Crippen LogP contribution in [0.5, 0.6) is 0 Å². The Morgan fingerprint density at radius 2 is 2.15 bits per heavy atom. The number of aromatic nitrogens is 1. The zero-order valence-corrected chi connectivity index (χ0v) is 11.2. The molecule has 2 rings (SSSR count). The number of pyridine rings is 1. The van der Waals surface area contributed by atoms with Crippen molar-refractivity contribution < 1.29 is 9.63 Å². The van der Waals surface area contributed by atoms with Crippen LogP contribution in [0.2, 0.25) is 0 Å². The van der Waals surface area contributed by atoms with Gasteiger partial charge in [-0.2, -0.15) is 0 Å². The smallest absolute Gasteiger partial charge is 0.365 e. The van der Waals surface area contributed by atoms with Crippen LogP contribution in [0.1, 0.15) is 21.6 Å². The van der Waals surface area contributed by atoms with Gasteiger partial charge in [-0.3, -0.25) is 4.98 Å². The summed E-state index contributed by atoms with van der Waals surface area (Å²) in [4.78, 5) is 20.6. The molecule has 0 spiro atoms. The summed E-state index contributed by atoms with van der Waals surface area (Å²) in [6.07, 6.45) is 1.57. The van der Waals surface area contributed by atoms with E-state index < -0.39 is 5.97 Å². The lowest BCUT2D eigenvalue weighted by molar-refractivity contribution is 0.0516. The predicted molar refractivity (Wildman–Crippen MR) is 76.4 cm³/mol. The molecule has 102 valence electrons. The number of rotatable bonds is 4. The topological polar surface area (TPSA) is 77.6 Å². The van der Waals surface area contributed by atoms with Crippen LogP contribution in [0.3, 0.4) is 0 Å². The lowest BCUT2D eigenvalue weighted by Gasteiger charge is -2.02. The summed E-state index contributed by atoms with van der Waals surface area (Å²) in [6.45, 7) is 0. The van der Waals surface area contributed by atoms with Gasteiger partial charge in [-0.25, -0.2) is 4.79 Å². The van der Waals surface area contributed by atoms with Crippen LogP contribution in [0.25, 0.3) is 0 Å². The monoisotopic (exact) mass is 289 g/mol. The van der Waals surface area contributed by atoms with Crippen molar-refractivity contribution in [1.29, 1.82) is 0 Å². The summed E-state index contributed by atoms with van der Waals surface area (Å²) < 4.78 is 0. The molecule has 0 aliphatic rings. The third-order valence-corrected chi connectivity index (χ3v) is 2.78. The molecule has 5 nitrogen and oxygen atoms in total. The highest BCUT2D eigenvalue weighted by molar-refractivity contribution is 6.17. The fraction of sp³-hybridized carbons (Fsp3) is 0.0714. The molecule has 1 aromatic heterocycles. The van der Waals surface area contributed by atoms with Gasteiger partial charge < -0.3 is 10.6 Å². The highest BCUT2D eigenvalue weighted by Gasteiger charge is 2.08. The molecule has 0 saturated carbocycles. The number of carbonyl (C=O) groups excluding carboxylic acids is 1. The highest BCUT2D eigenvalue weighted by atomic mass is 35.5. The molecule has 0 unspecified atom stereocenters. The summed E-state index contributed by atoms with van der Waals surface area (Å²) in [6, 6.07) is 12.0. The van der Waals surface area contributed by atoms with Gasteiger partial charge in [0.1, 0.15) is 5.69 Å². The van der Waals surface area contributed by atoms with Crippen LogP contribution >= 0.6 is 11.6 Å². The largest absolute Gasteiger partial charge is 0.379 e. The van der Waals surface area contributed by atoms with Gasteiger partial charge in [-0.05, 0) is 29.8 Å². The number of alkyl halides is 1. The molecule has 0 fully saturated rings. The van der Waals surface area contributed by atoms with Crippen molar-refractivity contribution in [3.63, 3.8) is 0 Å². The number of oxime groups is 1. The Morgan fingerprint density at radius 1 is 1.30 bits per heavy atom. The zero-order valence-electron chi connectivity index (χ0n) is 10.5. The summed E-state index contributed by atoms with van der Waals surface area (Å²) in [7, 11) is 0. The van der Waals surface area contributed by atoms with Gasteiger partial charge in [0.15, 0.2) is 5.84 Å². The fourth-order valence-corrected chi connectivity index (χ4v) is 1.65. The maximum Gasteiger partial charge on any atom is 0.365 e. The SMILES string of the molecule is N/C(=N\OC(=O)c1cccc(CCl)c1)c1ccccn1. The molecule has 1 heterocycles. The molecule has 0 bridgehead atoms. The number of nitrogens with two attached hydrogens (primary N) is 1. The number of hydrogen-bond acceptors (Lipinski definition) is 4. The van der Waals surface area contributed by atoms with Gasteiger partial charge in [-0.15, -0.1) is 11.6 Å². The van der Waals surface area contributed by atoms with Crippen molar-refractivity contribution in [2.75, 3.05) is 0 Å². The lowest BCUT2D eigenvalue weighted by atomic mass is 10.1. The quantitative estimate of drug-likeness (QED) is 0.308. The van der Waals surface area contributed by atoms with Crippen LogP contribution in [0, 0.1) is 0 Å². The molecule has 20 heavy (non-hydrogen) atoms. The maximum absolute atomic E-state index is 11.8. The third kappa shape index (κ3) is 3.55. The first-order valence-electron chi connectivity index (χ1n) is 5.82. The van der Waals surface area contributed by atoms with E-state index in [0.717, 1.165) is 5.56 Å². The molecule has 2 aromatic rings. The summed E-state index contributed by atoms with van der Waals surface area (Å²) in [5.74, 6) is -0.246. The molecule has 1 aromatic carbocycles. The average Bonchev–Trinajstić information content (AvgIpc) is 2.53. The molecular weight excluding hydrogens is 278 g/mol. The van der Waals surface area contributed by atoms with Gasteiger partial charge in [0.25, 0.3) is 0 Å². The number of hydrogen-bond donors (Lipinski definition) is 1. The zero-order chi connectivity index (χ0) is 14.4. The Hall–Kier alpha value is -2.40. The lowest BCUT2D eigenvalue weighted by Crippen LogP contribution is -2.16. The first-order valence-corrected chi connectivity index (χ1v) is 6.35. The molecule has 6 heteroatoms. The van der Waals surface area contributed by atoms with E-state index in [1.54, 1.807) is 42.6 Å². The number of carbonyl (C=O) groups is 1. The van der Waals surface area contributed by atoms with E-state index in [1.165, 1.54) is 0 Å². The Labute approximate surface area is 121 Å². The molecule has 0 radical (unpaired) electrons. The van der Waals surface area contributed by atoms with Crippen molar-refractivity contribution in [3.05, 3.63) is 65.5 Å². The summed E-state index contributed by atoms with van der Waals surface area (Å²) in [5, 5.41) is 3.58. The maximum atomic E-state index is 11.8. The molecule has 0 saturated heterocycles. The van der Waals surface area contributed by atoms with Gasteiger partial charge in [0, 0.05) is 12.1 Å². The van der Waals surface area contributed by atoms with Crippen LogP contribution in [-0.4, -0.2) is 16.8 Å². The Morgan fingerprint density at radius 3 is 2.85 bits per heavy atom. The number of benzene rings is 1. The van der Waals surface area contributed by atoms with Crippen molar-refractivity contribution in [2.24, 2.45) is 10.9 Å². The van der Waals surface area contributed by atoms with Gasteiger partial charge in [0.2, 0.25) is 0 Å². The molecule has 0 aliphatic heterocycles. The number of amidine groups is 1. The van der Waals surface area contributed by atoms with E-state index in [2.05, 4.69) is 10.1 Å². The highest BCUT2D eigenvalue weighted by Crippen LogP contribution is 2.09. The second-order valence-electron chi connectivity index (χ2n) is 3.90. The molecule has 0 aliphatic carbocycles. The molecule has 2 N–H and O–H groups in total. The van der Waals surface area contributed by atoms with Crippen molar-refractivity contribution >= 4 is 23.4 Å². The first-order chi connectivity index (χ1) is 9.70. The van der Waals surface area contributed by atoms with E-state index >= 15 is 0 Å². The van der Waals surface area contributed by atoms with Crippen molar-refractivity contribution in [1.82, 2.24) is 4.98 Å². The molecule has 0 atom stereocenters. The van der Waals surface area contributed by atoms with E-state index in [1.807, 2.05) is 6.07 Å². The van der Waals surface area contributed by atoms with Crippen molar-refractivity contribution in [3.8, 4) is 0 Å². The van der Waals surface area contributed by atoms with E-state index in [4.69, 9.17) is 22.2 Å². The second-order valence-corrected chi connectivity index (χ2v) is 4.17. The molecule has 0 amide bonds. The Balaban J connectivity index is 2.08. The van der Waals surface area contributed by atoms with Crippen LogP contribution in [0.4, 0.5) is 0 Å². The fourth-order valence-electron chi connectivity index (χ4n) is 1.49. The minimum atomic E-state index is -0.601. The Kier molecular flexibility index (Phi) is 4.68. The first kappa shape index (κ1) is 14.0. The minimum Gasteiger partial charge on any atom is -0.379 e. The third-order valence-electron chi connectivity index (χ3n) is 2.47. The van der Waals surface area contributed by atoms with Gasteiger partial charge >= 0.3 is 5.97 Å². The van der Waals surface area contributed by atoms with E-state index in [-0.39, 0.29) is 5.84 Å². The van der Waals surface area contributed by atoms with E-state index in [0.29, 0.717) is 17.1 Å². The average molecular weight is 290 g/mol. The van der Waals surface area contributed by atoms with Crippen LogP contribution < -0.4 is 5.73 Å². The standard InChI is InChI=1S/C14H12ClN3O2/c15-9-10-4-3-5-11(8-10)14(19)20-18-13(16)12-6-1-2-7-17-12/h1-8H,9H2,(H2,16,18). The number of halogens is 1. The summed E-state index contributed by atoms with van der Waals surface area (Å²) in [5.41, 5.74) is 7.29. The van der Waals surface area contributed by atoms with E-state index in [9.17, 15) is 4.79 Å². The van der Waals surface area contributed by atoms with Gasteiger partial charge in [-0.1, -0.05) is 23.4 Å². The van der Waals surface area contributed by atoms with Crippen LogP contribution in [0.15, 0.2) is 53.8 Å². The summed E-state index contributed by atoms with van der Waals surface area (Å²) >= 11 is 5.70. The Bertz CT molecular complexity index is 629. The van der Waals surface area contributed by atoms with Gasteiger partial charge in [0.05, 0.1) is 5.56 Å².